The van der Waals surface area contributed by atoms with Crippen LogP contribution in [-0.2, 0) is 19.6 Å². The molecular weight excluding hydrogens is 472 g/mol. The van der Waals surface area contributed by atoms with Crippen LogP contribution in [0, 0.1) is 17.8 Å². The quantitative estimate of drug-likeness (QED) is 0.586. The first-order chi connectivity index (χ1) is 17.2. The average molecular weight is 509 g/mol. The van der Waals surface area contributed by atoms with Crippen molar-refractivity contribution >= 4 is 5.82 Å². The van der Waals surface area contributed by atoms with Gasteiger partial charge in [-0.1, -0.05) is 0 Å². The van der Waals surface area contributed by atoms with Crippen LogP contribution in [0.1, 0.15) is 43.5 Å². The zero-order valence-electron chi connectivity index (χ0n) is 20.9. The standard InChI is InChI=1S/C14H15F3N4.C12H21FN2/c1-21-7-11(20-12(21)4-8-2-3-8)9-5-10(14(15,16)17)13(18)19-6-9;13-1-2-14-3-5-15(6-4-14)12-8-10-7-11(10)9-12/h5-8H,2-4H2,1H3,(H2,18,19);10-12H,1-9H2. The highest BCUT2D eigenvalue weighted by atomic mass is 19.4. The number of nitrogen functional groups attached to an aromatic ring is 1. The van der Waals surface area contributed by atoms with Gasteiger partial charge in [0.05, 0.1) is 11.3 Å². The van der Waals surface area contributed by atoms with Crippen molar-refractivity contribution in [2.24, 2.45) is 24.8 Å². The van der Waals surface area contributed by atoms with Gasteiger partial charge in [0.15, 0.2) is 0 Å². The minimum atomic E-state index is -4.52. The van der Waals surface area contributed by atoms with Gasteiger partial charge >= 0.3 is 6.18 Å². The van der Waals surface area contributed by atoms with Crippen LogP contribution in [-0.4, -0.2) is 69.8 Å². The number of aryl methyl sites for hydroxylation is 1. The van der Waals surface area contributed by atoms with E-state index in [1.807, 2.05) is 11.6 Å². The highest BCUT2D eigenvalue weighted by Crippen LogP contribution is 2.53. The third kappa shape index (κ3) is 6.02. The lowest BCUT2D eigenvalue weighted by atomic mass is 10.1. The molecule has 2 aromatic rings. The minimum Gasteiger partial charge on any atom is -0.383 e. The van der Waals surface area contributed by atoms with Gasteiger partial charge in [-0.2, -0.15) is 13.2 Å². The molecule has 2 atom stereocenters. The number of pyridine rings is 1. The maximum Gasteiger partial charge on any atom is 0.419 e. The van der Waals surface area contributed by atoms with Gasteiger partial charge in [0.1, 0.15) is 18.3 Å². The van der Waals surface area contributed by atoms with Crippen LogP contribution >= 0.6 is 0 Å². The van der Waals surface area contributed by atoms with E-state index in [-0.39, 0.29) is 6.67 Å². The third-order valence-corrected chi connectivity index (χ3v) is 8.20. The Kier molecular flexibility index (Phi) is 7.27. The first-order valence-corrected chi connectivity index (χ1v) is 13.1. The average Bonchev–Trinajstić information content (AvgIpc) is 3.74. The molecule has 2 N–H and O–H groups in total. The Morgan fingerprint density at radius 2 is 1.75 bits per heavy atom. The highest BCUT2D eigenvalue weighted by Gasteiger charge is 2.47. The number of alkyl halides is 4. The zero-order valence-corrected chi connectivity index (χ0v) is 20.9. The van der Waals surface area contributed by atoms with Crippen LogP contribution in [0.5, 0.6) is 0 Å². The fourth-order valence-electron chi connectivity index (χ4n) is 5.71. The van der Waals surface area contributed by atoms with Crippen LogP contribution in [0.15, 0.2) is 18.5 Å². The van der Waals surface area contributed by atoms with Crippen molar-refractivity contribution in [3.05, 3.63) is 29.8 Å². The smallest absolute Gasteiger partial charge is 0.383 e. The van der Waals surface area contributed by atoms with Crippen LogP contribution in [0.25, 0.3) is 11.3 Å². The van der Waals surface area contributed by atoms with E-state index < -0.39 is 17.6 Å². The van der Waals surface area contributed by atoms with Crippen molar-refractivity contribution in [3.63, 3.8) is 0 Å². The summed E-state index contributed by atoms with van der Waals surface area (Å²) in [5.41, 5.74) is 5.20. The van der Waals surface area contributed by atoms with E-state index in [4.69, 9.17) is 5.73 Å². The maximum absolute atomic E-state index is 12.9. The number of anilines is 1. The van der Waals surface area contributed by atoms with Crippen molar-refractivity contribution < 1.29 is 17.6 Å². The fourth-order valence-corrected chi connectivity index (χ4v) is 5.71. The SMILES string of the molecule is Cn1cc(-c2cnc(N)c(C(F)(F)F)c2)nc1CC1CC1.FCCN1CCN(C2CC3CC3C2)CC1. The third-order valence-electron chi connectivity index (χ3n) is 8.20. The van der Waals surface area contributed by atoms with Gasteiger partial charge in [-0.3, -0.25) is 9.80 Å². The molecule has 1 aliphatic heterocycles. The van der Waals surface area contributed by atoms with Crippen molar-refractivity contribution in [2.75, 3.05) is 45.1 Å². The molecule has 2 unspecified atom stereocenters. The first-order valence-electron chi connectivity index (χ1n) is 13.1. The Hall–Kier alpha value is -2.20. The fraction of sp³-hybridized carbons (Fsp3) is 0.692. The van der Waals surface area contributed by atoms with E-state index in [9.17, 15) is 17.6 Å². The molecular formula is C26H36F4N6. The number of nitrogens with zero attached hydrogens (tertiary/aromatic N) is 5. The molecule has 0 bridgehead atoms. The van der Waals surface area contributed by atoms with E-state index in [1.54, 1.807) is 6.20 Å². The molecule has 2 aromatic heterocycles. The number of nitrogens with two attached hydrogens (primary N) is 1. The maximum atomic E-state index is 12.9. The molecule has 36 heavy (non-hydrogen) atoms. The summed E-state index contributed by atoms with van der Waals surface area (Å²) in [5.74, 6) is 3.20. The summed E-state index contributed by atoms with van der Waals surface area (Å²) in [7, 11) is 1.85. The summed E-state index contributed by atoms with van der Waals surface area (Å²) in [6, 6.07) is 1.88. The van der Waals surface area contributed by atoms with Crippen molar-refractivity contribution in [2.45, 2.75) is 50.7 Å². The molecule has 4 fully saturated rings. The lowest BCUT2D eigenvalue weighted by molar-refractivity contribution is -0.137. The van der Waals surface area contributed by atoms with Crippen LogP contribution in [0.2, 0.25) is 0 Å². The number of hydrogen-bond acceptors (Lipinski definition) is 5. The molecule has 0 spiro atoms. The second kappa shape index (κ2) is 10.3. The molecule has 6 rings (SSSR count). The molecule has 6 nitrogen and oxygen atoms in total. The predicted molar refractivity (Wildman–Crippen MR) is 131 cm³/mol. The predicted octanol–water partition coefficient (Wildman–Crippen LogP) is 4.41. The van der Waals surface area contributed by atoms with Gasteiger partial charge in [0.25, 0.3) is 0 Å². The van der Waals surface area contributed by atoms with Gasteiger partial charge in [-0.25, -0.2) is 14.4 Å². The van der Waals surface area contributed by atoms with E-state index >= 15 is 0 Å². The van der Waals surface area contributed by atoms with Gasteiger partial charge in [0, 0.05) is 70.2 Å². The van der Waals surface area contributed by atoms with Crippen molar-refractivity contribution in [1.29, 1.82) is 0 Å². The molecule has 10 heteroatoms. The van der Waals surface area contributed by atoms with E-state index in [0.29, 0.717) is 23.7 Å². The van der Waals surface area contributed by atoms with Gasteiger partial charge in [-0.05, 0) is 55.9 Å². The van der Waals surface area contributed by atoms with Gasteiger partial charge < -0.3 is 10.3 Å². The summed E-state index contributed by atoms with van der Waals surface area (Å²) >= 11 is 0. The number of halogens is 4. The topological polar surface area (TPSA) is 63.2 Å². The van der Waals surface area contributed by atoms with E-state index in [1.165, 1.54) is 51.4 Å². The summed E-state index contributed by atoms with van der Waals surface area (Å²) < 4.78 is 52.6. The van der Waals surface area contributed by atoms with Gasteiger partial charge in [-0.15, -0.1) is 0 Å². The Balaban J connectivity index is 0.000000156. The lowest BCUT2D eigenvalue weighted by Gasteiger charge is -2.38. The molecule has 3 heterocycles. The monoisotopic (exact) mass is 508 g/mol. The van der Waals surface area contributed by atoms with Crippen molar-refractivity contribution in [1.82, 2.24) is 24.3 Å². The summed E-state index contributed by atoms with van der Waals surface area (Å²) in [4.78, 5) is 13.0. The lowest BCUT2D eigenvalue weighted by Crippen LogP contribution is -2.50. The minimum absolute atomic E-state index is 0.187. The molecule has 0 amide bonds. The number of aromatic nitrogens is 3. The molecule has 0 aromatic carbocycles. The zero-order chi connectivity index (χ0) is 25.4. The molecule has 3 aliphatic carbocycles. The number of rotatable bonds is 6. The summed E-state index contributed by atoms with van der Waals surface area (Å²) in [5, 5.41) is 0. The summed E-state index contributed by atoms with van der Waals surface area (Å²) in [6.07, 6.45) is 6.22. The Bertz CT molecular complexity index is 1030. The number of imidazole rings is 1. The Morgan fingerprint density at radius 3 is 2.36 bits per heavy atom. The number of piperazine rings is 1. The normalized spacial score (nSPS) is 26.4. The Labute approximate surface area is 209 Å². The van der Waals surface area contributed by atoms with E-state index in [2.05, 4.69) is 19.8 Å². The highest BCUT2D eigenvalue weighted by molar-refractivity contribution is 5.62. The van der Waals surface area contributed by atoms with E-state index in [0.717, 1.165) is 49.3 Å². The summed E-state index contributed by atoms with van der Waals surface area (Å²) in [6.45, 7) is 4.96. The van der Waals surface area contributed by atoms with Crippen LogP contribution in [0.4, 0.5) is 23.4 Å². The largest absolute Gasteiger partial charge is 0.419 e. The molecule has 1 saturated heterocycles. The Morgan fingerprint density at radius 1 is 1.06 bits per heavy atom. The second-order valence-corrected chi connectivity index (χ2v) is 10.9. The second-order valence-electron chi connectivity index (χ2n) is 10.9. The van der Waals surface area contributed by atoms with Crippen LogP contribution in [0.3, 0.4) is 0 Å². The molecule has 4 aliphatic rings. The molecule has 198 valence electrons. The molecule has 0 radical (unpaired) electrons. The number of fused-ring (bicyclic) bond motifs is 1. The van der Waals surface area contributed by atoms with Crippen molar-refractivity contribution in [3.8, 4) is 11.3 Å². The molecule has 3 saturated carbocycles. The number of hydrogen-bond donors (Lipinski definition) is 1. The van der Waals surface area contributed by atoms with Gasteiger partial charge in [0.2, 0.25) is 0 Å². The first kappa shape index (κ1) is 25.4. The van der Waals surface area contributed by atoms with Crippen LogP contribution < -0.4 is 5.73 Å².